The molecule has 2 saturated carbocycles. The lowest BCUT2D eigenvalue weighted by Gasteiger charge is -2.37. The number of amides is 2. The zero-order chi connectivity index (χ0) is 24.9. The monoisotopic (exact) mass is 540 g/mol. The van der Waals surface area contributed by atoms with E-state index in [2.05, 4.69) is 5.32 Å². The summed E-state index contributed by atoms with van der Waals surface area (Å²) in [6, 6.07) is 2.21. The fourth-order valence-electron chi connectivity index (χ4n) is 7.11. The molecule has 2 N–H and O–H groups in total. The molecule has 1 aromatic rings. The smallest absolute Gasteiger partial charge is 0.324 e. The number of carbonyl (C=O) groups is 3. The summed E-state index contributed by atoms with van der Waals surface area (Å²) in [6.45, 7) is 0. The summed E-state index contributed by atoms with van der Waals surface area (Å²) in [6.07, 6.45) is 9.94. The summed E-state index contributed by atoms with van der Waals surface area (Å²) in [4.78, 5) is 42.3. The molecule has 0 aromatic heterocycles. The Balaban J connectivity index is 1.61. The second kappa shape index (κ2) is 9.85. The SMILES string of the molecule is O=C1C2C(c3cc(Cl)cc(Cl)c3Cl)NC(CC3CCCCC3)(C(=O)O)C2C(=O)N1C1CCCCC1. The minimum absolute atomic E-state index is 0.172. The summed E-state index contributed by atoms with van der Waals surface area (Å²) in [7, 11) is 0. The first-order valence-corrected chi connectivity index (χ1v) is 13.9. The molecule has 1 aromatic carbocycles. The number of rotatable bonds is 5. The zero-order valence-electron chi connectivity index (χ0n) is 19.6. The molecule has 35 heavy (non-hydrogen) atoms. The highest BCUT2D eigenvalue weighted by atomic mass is 35.5. The number of hydrogen-bond donors (Lipinski definition) is 2. The van der Waals surface area contributed by atoms with Crippen LogP contribution >= 0.6 is 34.8 Å². The molecule has 2 heterocycles. The van der Waals surface area contributed by atoms with Crippen molar-refractivity contribution in [2.75, 3.05) is 0 Å². The predicted octanol–water partition coefficient (Wildman–Crippen LogP) is 6.02. The van der Waals surface area contributed by atoms with Gasteiger partial charge in [0.2, 0.25) is 11.8 Å². The van der Waals surface area contributed by atoms with Crippen LogP contribution in [0, 0.1) is 17.8 Å². The average Bonchev–Trinajstić information content (AvgIpc) is 3.31. The molecule has 0 radical (unpaired) electrons. The van der Waals surface area contributed by atoms with Gasteiger partial charge in [-0.05, 0) is 42.9 Å². The molecule has 4 unspecified atom stereocenters. The van der Waals surface area contributed by atoms with Gasteiger partial charge in [0.05, 0.1) is 21.9 Å². The van der Waals surface area contributed by atoms with Gasteiger partial charge in [0.15, 0.2) is 0 Å². The third-order valence-electron chi connectivity index (χ3n) is 8.70. The maximum Gasteiger partial charge on any atom is 0.324 e. The zero-order valence-corrected chi connectivity index (χ0v) is 21.8. The van der Waals surface area contributed by atoms with Crippen molar-refractivity contribution in [2.45, 2.75) is 88.3 Å². The van der Waals surface area contributed by atoms with Crippen molar-refractivity contribution in [3.63, 3.8) is 0 Å². The Bertz CT molecular complexity index is 1040. The summed E-state index contributed by atoms with van der Waals surface area (Å²) < 4.78 is 0. The number of carboxylic acids is 1. The first-order chi connectivity index (χ1) is 16.7. The van der Waals surface area contributed by atoms with Gasteiger partial charge < -0.3 is 5.11 Å². The van der Waals surface area contributed by atoms with Gasteiger partial charge in [-0.3, -0.25) is 24.6 Å². The van der Waals surface area contributed by atoms with Crippen LogP contribution in [0.3, 0.4) is 0 Å². The number of carbonyl (C=O) groups excluding carboxylic acids is 2. The molecular formula is C26H31Cl3N2O4. The number of nitrogens with zero attached hydrogens (tertiary/aromatic N) is 1. The Morgan fingerprint density at radius 3 is 2.23 bits per heavy atom. The van der Waals surface area contributed by atoms with Crippen LogP contribution in [0.15, 0.2) is 12.1 Å². The van der Waals surface area contributed by atoms with E-state index in [1.807, 2.05) is 0 Å². The van der Waals surface area contributed by atoms with Crippen LogP contribution in [0.2, 0.25) is 15.1 Å². The predicted molar refractivity (Wildman–Crippen MR) is 135 cm³/mol. The van der Waals surface area contributed by atoms with Crippen LogP contribution in [0.5, 0.6) is 0 Å². The summed E-state index contributed by atoms with van der Waals surface area (Å²) in [5, 5.41) is 14.7. The van der Waals surface area contributed by atoms with E-state index in [0.29, 0.717) is 17.0 Å². The van der Waals surface area contributed by atoms with Gasteiger partial charge in [-0.2, -0.15) is 0 Å². The van der Waals surface area contributed by atoms with E-state index in [-0.39, 0.29) is 33.8 Å². The topological polar surface area (TPSA) is 86.7 Å². The summed E-state index contributed by atoms with van der Waals surface area (Å²) in [5.74, 6) is -3.42. The molecular weight excluding hydrogens is 511 g/mol. The van der Waals surface area contributed by atoms with Crippen LogP contribution in [0.1, 0.15) is 82.2 Å². The minimum atomic E-state index is -1.55. The van der Waals surface area contributed by atoms with Crippen LogP contribution in [-0.4, -0.2) is 39.4 Å². The summed E-state index contributed by atoms with van der Waals surface area (Å²) >= 11 is 19.2. The number of fused-ring (bicyclic) bond motifs is 1. The third-order valence-corrected chi connectivity index (χ3v) is 9.74. The normalized spacial score (nSPS) is 32.3. The number of imide groups is 1. The lowest BCUT2D eigenvalue weighted by atomic mass is 9.72. The Kier molecular flexibility index (Phi) is 7.12. The van der Waals surface area contributed by atoms with Crippen molar-refractivity contribution < 1.29 is 19.5 Å². The Morgan fingerprint density at radius 1 is 0.971 bits per heavy atom. The maximum atomic E-state index is 14.0. The molecule has 0 spiro atoms. The van der Waals surface area contributed by atoms with E-state index < -0.39 is 29.4 Å². The molecule has 9 heteroatoms. The van der Waals surface area contributed by atoms with E-state index in [4.69, 9.17) is 34.8 Å². The second-order valence-electron chi connectivity index (χ2n) is 10.7. The molecule has 4 aliphatic rings. The second-order valence-corrected chi connectivity index (χ2v) is 12.0. The molecule has 4 atom stereocenters. The number of benzene rings is 1. The highest BCUT2D eigenvalue weighted by Gasteiger charge is 2.69. The van der Waals surface area contributed by atoms with Gasteiger partial charge in [0.1, 0.15) is 5.54 Å². The van der Waals surface area contributed by atoms with Crippen LogP contribution in [-0.2, 0) is 14.4 Å². The Labute approximate surface area is 220 Å². The molecule has 6 nitrogen and oxygen atoms in total. The van der Waals surface area contributed by atoms with Crippen LogP contribution < -0.4 is 5.32 Å². The van der Waals surface area contributed by atoms with E-state index in [1.54, 1.807) is 6.07 Å². The first kappa shape index (κ1) is 25.3. The quantitative estimate of drug-likeness (QED) is 0.352. The van der Waals surface area contributed by atoms with Crippen molar-refractivity contribution in [1.82, 2.24) is 10.2 Å². The lowest BCUT2D eigenvalue weighted by molar-refractivity contribution is -0.153. The van der Waals surface area contributed by atoms with Crippen molar-refractivity contribution in [3.8, 4) is 0 Å². The van der Waals surface area contributed by atoms with Gasteiger partial charge in [0.25, 0.3) is 0 Å². The Hall–Kier alpha value is -1.34. The van der Waals surface area contributed by atoms with Crippen LogP contribution in [0.25, 0.3) is 0 Å². The molecule has 2 saturated heterocycles. The van der Waals surface area contributed by atoms with Gasteiger partial charge in [0, 0.05) is 17.1 Å². The fourth-order valence-corrected chi connectivity index (χ4v) is 7.85. The van der Waals surface area contributed by atoms with Crippen molar-refractivity contribution in [1.29, 1.82) is 0 Å². The third kappa shape index (κ3) is 4.28. The lowest BCUT2D eigenvalue weighted by Crippen LogP contribution is -2.57. The molecule has 2 amide bonds. The first-order valence-electron chi connectivity index (χ1n) is 12.8. The summed E-state index contributed by atoms with van der Waals surface area (Å²) in [5.41, 5.74) is -1.08. The van der Waals surface area contributed by atoms with Crippen molar-refractivity contribution >= 4 is 52.6 Å². The molecule has 2 aliphatic heterocycles. The number of hydrogen-bond acceptors (Lipinski definition) is 4. The number of carboxylic acid groups (broad SMARTS) is 1. The standard InChI is InChI=1S/C26H31Cl3N2O4/c27-15-11-17(21(29)18(28)12-15)22-19-20(24(33)31(23(19)32)16-9-5-2-6-10-16)26(30-22,25(34)35)13-14-7-3-1-4-8-14/h11-12,14,16,19-20,22,30H,1-10,13H2,(H,34,35). The van der Waals surface area contributed by atoms with E-state index in [9.17, 15) is 19.5 Å². The fraction of sp³-hybridized carbons (Fsp3) is 0.654. The van der Waals surface area contributed by atoms with E-state index in [0.717, 1.165) is 64.2 Å². The van der Waals surface area contributed by atoms with Crippen molar-refractivity contribution in [3.05, 3.63) is 32.8 Å². The number of nitrogens with one attached hydrogen (secondary N) is 1. The molecule has 190 valence electrons. The largest absolute Gasteiger partial charge is 0.480 e. The van der Waals surface area contributed by atoms with Gasteiger partial charge in [-0.1, -0.05) is 86.2 Å². The number of aliphatic carboxylic acids is 1. The van der Waals surface area contributed by atoms with Crippen LogP contribution in [0.4, 0.5) is 0 Å². The molecule has 0 bridgehead atoms. The highest BCUT2D eigenvalue weighted by molar-refractivity contribution is 6.43. The molecule has 4 fully saturated rings. The maximum absolute atomic E-state index is 14.0. The average molecular weight is 542 g/mol. The van der Waals surface area contributed by atoms with Gasteiger partial charge in [-0.25, -0.2) is 0 Å². The number of likely N-dealkylation sites (tertiary alicyclic amines) is 1. The van der Waals surface area contributed by atoms with E-state index >= 15 is 0 Å². The van der Waals surface area contributed by atoms with Gasteiger partial charge in [-0.15, -0.1) is 0 Å². The van der Waals surface area contributed by atoms with Gasteiger partial charge >= 0.3 is 5.97 Å². The van der Waals surface area contributed by atoms with Crippen molar-refractivity contribution in [2.24, 2.45) is 17.8 Å². The number of halogens is 3. The molecule has 5 rings (SSSR count). The Morgan fingerprint density at radius 2 is 1.60 bits per heavy atom. The molecule has 2 aliphatic carbocycles. The highest BCUT2D eigenvalue weighted by Crippen LogP contribution is 2.54. The van der Waals surface area contributed by atoms with E-state index in [1.165, 1.54) is 11.0 Å². The minimum Gasteiger partial charge on any atom is -0.480 e.